The van der Waals surface area contributed by atoms with Crippen LogP contribution in [0, 0.1) is 0 Å². The first-order chi connectivity index (χ1) is 10.0. The van der Waals surface area contributed by atoms with Crippen molar-refractivity contribution in [2.24, 2.45) is 0 Å². The number of nitrogens with zero attached hydrogens (tertiary/aromatic N) is 2. The number of carboxylic acids is 1. The molecule has 0 bridgehead atoms. The number of aromatic nitrogens is 1. The summed E-state index contributed by atoms with van der Waals surface area (Å²) in [6.45, 7) is 0. The van der Waals surface area contributed by atoms with E-state index in [9.17, 15) is 19.5 Å². The van der Waals surface area contributed by atoms with Crippen LogP contribution in [0.5, 0.6) is 0 Å². The molecule has 1 aliphatic heterocycles. The molecule has 3 N–H and O–H groups in total. The minimum atomic E-state index is -1.27. The van der Waals surface area contributed by atoms with Crippen LogP contribution in [0.2, 0.25) is 0 Å². The highest BCUT2D eigenvalue weighted by molar-refractivity contribution is 6.35. The van der Waals surface area contributed by atoms with E-state index in [0.29, 0.717) is 0 Å². The molecule has 1 aromatic carbocycles. The molecule has 0 unspecified atom stereocenters. The molecule has 7 heteroatoms. The van der Waals surface area contributed by atoms with E-state index in [0.717, 1.165) is 4.90 Å². The van der Waals surface area contributed by atoms with Crippen molar-refractivity contribution < 1.29 is 19.5 Å². The van der Waals surface area contributed by atoms with E-state index in [1.165, 1.54) is 36.7 Å². The number of nitrogen functional groups attached to an aromatic ring is 1. The van der Waals surface area contributed by atoms with Gasteiger partial charge in [0.05, 0.1) is 22.4 Å². The van der Waals surface area contributed by atoms with Crippen molar-refractivity contribution in [2.75, 3.05) is 10.6 Å². The maximum Gasteiger partial charge on any atom is 0.337 e. The number of fused-ring (bicyclic) bond motifs is 1. The number of rotatable bonds is 2. The van der Waals surface area contributed by atoms with Crippen LogP contribution in [0.15, 0.2) is 36.7 Å². The molecule has 0 aliphatic carbocycles. The van der Waals surface area contributed by atoms with Gasteiger partial charge in [-0.05, 0) is 24.3 Å². The fourth-order valence-electron chi connectivity index (χ4n) is 2.22. The van der Waals surface area contributed by atoms with Gasteiger partial charge in [0.1, 0.15) is 0 Å². The van der Waals surface area contributed by atoms with Crippen molar-refractivity contribution in [1.29, 1.82) is 0 Å². The van der Waals surface area contributed by atoms with Gasteiger partial charge in [-0.2, -0.15) is 0 Å². The van der Waals surface area contributed by atoms with Gasteiger partial charge in [-0.1, -0.05) is 0 Å². The highest BCUT2D eigenvalue weighted by atomic mass is 16.4. The summed E-state index contributed by atoms with van der Waals surface area (Å²) in [6.07, 6.45) is 2.68. The Morgan fingerprint density at radius 2 is 1.86 bits per heavy atom. The molecule has 7 nitrogen and oxygen atoms in total. The Morgan fingerprint density at radius 3 is 2.52 bits per heavy atom. The second kappa shape index (κ2) is 4.41. The summed E-state index contributed by atoms with van der Waals surface area (Å²) < 4.78 is 0. The Balaban J connectivity index is 2.18. The summed E-state index contributed by atoms with van der Waals surface area (Å²) in [5.74, 6) is -2.45. The Labute approximate surface area is 118 Å². The van der Waals surface area contributed by atoms with Gasteiger partial charge in [0.25, 0.3) is 11.8 Å². The SMILES string of the molecule is Nc1ccc(N2C(=O)c3ccncc3C2=O)c(C(=O)O)c1. The molecular weight excluding hydrogens is 274 g/mol. The molecule has 2 heterocycles. The van der Waals surface area contributed by atoms with Crippen LogP contribution in [-0.4, -0.2) is 27.9 Å². The molecule has 3 rings (SSSR count). The fraction of sp³-hybridized carbons (Fsp3) is 0. The van der Waals surface area contributed by atoms with Gasteiger partial charge in [0.2, 0.25) is 0 Å². The number of hydrogen-bond donors (Lipinski definition) is 2. The maximum absolute atomic E-state index is 12.3. The lowest BCUT2D eigenvalue weighted by Crippen LogP contribution is -2.31. The topological polar surface area (TPSA) is 114 Å². The van der Waals surface area contributed by atoms with Gasteiger partial charge in [-0.15, -0.1) is 0 Å². The largest absolute Gasteiger partial charge is 0.478 e. The molecule has 1 aromatic heterocycles. The molecule has 0 saturated carbocycles. The number of carbonyl (C=O) groups is 3. The second-order valence-electron chi connectivity index (χ2n) is 4.45. The van der Waals surface area contributed by atoms with Crippen LogP contribution in [0.3, 0.4) is 0 Å². The Morgan fingerprint density at radius 1 is 1.14 bits per heavy atom. The molecule has 1 aliphatic rings. The third-order valence-electron chi connectivity index (χ3n) is 3.18. The Hall–Kier alpha value is -3.22. The number of amides is 2. The summed E-state index contributed by atoms with van der Waals surface area (Å²) in [5.41, 5.74) is 5.91. The van der Waals surface area contributed by atoms with E-state index in [1.807, 2.05) is 0 Å². The van der Waals surface area contributed by atoms with E-state index in [1.54, 1.807) is 0 Å². The molecular formula is C14H9N3O4. The van der Waals surface area contributed by atoms with Gasteiger partial charge < -0.3 is 10.8 Å². The highest BCUT2D eigenvalue weighted by Gasteiger charge is 2.38. The van der Waals surface area contributed by atoms with E-state index in [-0.39, 0.29) is 28.1 Å². The van der Waals surface area contributed by atoms with Crippen molar-refractivity contribution >= 4 is 29.2 Å². The molecule has 2 aromatic rings. The van der Waals surface area contributed by atoms with E-state index >= 15 is 0 Å². The second-order valence-corrected chi connectivity index (χ2v) is 4.45. The van der Waals surface area contributed by atoms with Crippen LogP contribution < -0.4 is 10.6 Å². The monoisotopic (exact) mass is 283 g/mol. The number of pyridine rings is 1. The third kappa shape index (κ3) is 1.83. The summed E-state index contributed by atoms with van der Waals surface area (Å²) >= 11 is 0. The summed E-state index contributed by atoms with van der Waals surface area (Å²) in [6, 6.07) is 5.41. The van der Waals surface area contributed by atoms with Crippen molar-refractivity contribution in [3.8, 4) is 0 Å². The molecule has 104 valence electrons. The minimum absolute atomic E-state index is 0.0112. The smallest absolute Gasteiger partial charge is 0.337 e. The number of carbonyl (C=O) groups excluding carboxylic acids is 2. The van der Waals surface area contributed by atoms with Gasteiger partial charge in [-0.25, -0.2) is 9.69 Å². The van der Waals surface area contributed by atoms with Crippen LogP contribution in [0.1, 0.15) is 31.1 Å². The number of benzene rings is 1. The van der Waals surface area contributed by atoms with E-state index in [4.69, 9.17) is 5.73 Å². The zero-order valence-corrected chi connectivity index (χ0v) is 10.6. The first-order valence-corrected chi connectivity index (χ1v) is 5.96. The molecule has 2 amide bonds. The summed E-state index contributed by atoms with van der Waals surface area (Å²) in [7, 11) is 0. The molecule has 0 atom stereocenters. The van der Waals surface area contributed by atoms with Gasteiger partial charge in [0.15, 0.2) is 0 Å². The zero-order chi connectivity index (χ0) is 15.1. The number of imide groups is 1. The first-order valence-electron chi connectivity index (χ1n) is 5.96. The van der Waals surface area contributed by atoms with Gasteiger partial charge in [-0.3, -0.25) is 14.6 Å². The molecule has 21 heavy (non-hydrogen) atoms. The van der Waals surface area contributed by atoms with Crippen molar-refractivity contribution in [3.05, 3.63) is 53.3 Å². The minimum Gasteiger partial charge on any atom is -0.478 e. The lowest BCUT2D eigenvalue weighted by atomic mass is 10.1. The van der Waals surface area contributed by atoms with Gasteiger partial charge in [0, 0.05) is 18.1 Å². The quantitative estimate of drug-likeness (QED) is 0.631. The van der Waals surface area contributed by atoms with Crippen LogP contribution in [0.4, 0.5) is 11.4 Å². The number of hydrogen-bond acceptors (Lipinski definition) is 5. The Bertz CT molecular complexity index is 766. The number of nitrogens with two attached hydrogens (primary N) is 1. The molecule has 0 fully saturated rings. The zero-order valence-electron chi connectivity index (χ0n) is 10.6. The summed E-state index contributed by atoms with van der Waals surface area (Å²) in [5, 5.41) is 9.22. The number of carboxylic acid groups (broad SMARTS) is 1. The lowest BCUT2D eigenvalue weighted by molar-refractivity contribution is 0.0698. The average molecular weight is 283 g/mol. The standard InChI is InChI=1S/C14H9N3O4/c15-7-1-2-11(9(5-7)14(20)21)17-12(18)8-3-4-16-6-10(8)13(17)19/h1-6H,15H2,(H,20,21). The molecule has 0 spiro atoms. The average Bonchev–Trinajstić information content (AvgIpc) is 2.72. The van der Waals surface area contributed by atoms with Crippen molar-refractivity contribution in [2.45, 2.75) is 0 Å². The van der Waals surface area contributed by atoms with E-state index < -0.39 is 17.8 Å². The fourth-order valence-corrected chi connectivity index (χ4v) is 2.22. The number of aromatic carboxylic acids is 1. The van der Waals surface area contributed by atoms with Crippen LogP contribution in [0.25, 0.3) is 0 Å². The predicted molar refractivity (Wildman–Crippen MR) is 73.2 cm³/mol. The first kappa shape index (κ1) is 12.8. The van der Waals surface area contributed by atoms with Gasteiger partial charge >= 0.3 is 5.97 Å². The molecule has 0 radical (unpaired) electrons. The van der Waals surface area contributed by atoms with E-state index in [2.05, 4.69) is 4.98 Å². The predicted octanol–water partition coefficient (Wildman–Crippen LogP) is 1.16. The maximum atomic E-state index is 12.3. The number of anilines is 2. The summed E-state index contributed by atoms with van der Waals surface area (Å²) in [4.78, 5) is 40.6. The van der Waals surface area contributed by atoms with Crippen LogP contribution >= 0.6 is 0 Å². The highest BCUT2D eigenvalue weighted by Crippen LogP contribution is 2.31. The normalized spacial score (nSPS) is 13.4. The Kier molecular flexibility index (Phi) is 2.69. The molecule has 0 saturated heterocycles. The van der Waals surface area contributed by atoms with Crippen molar-refractivity contribution in [3.63, 3.8) is 0 Å². The van der Waals surface area contributed by atoms with Crippen molar-refractivity contribution in [1.82, 2.24) is 4.98 Å². The van der Waals surface area contributed by atoms with Crippen LogP contribution in [-0.2, 0) is 0 Å². The lowest BCUT2D eigenvalue weighted by Gasteiger charge is -2.16. The third-order valence-corrected chi connectivity index (χ3v) is 3.18.